The summed E-state index contributed by atoms with van der Waals surface area (Å²) < 4.78 is 0. The van der Waals surface area contributed by atoms with Crippen LogP contribution in [0.2, 0.25) is 0 Å². The largest absolute Gasteiger partial charge is 0.393 e. The number of piperidine rings is 1. The highest BCUT2D eigenvalue weighted by atomic mass is 16.3. The second-order valence-electron chi connectivity index (χ2n) is 9.57. The molecule has 1 aliphatic carbocycles. The first kappa shape index (κ1) is 23.4. The number of hydrogen-bond acceptors (Lipinski definition) is 5. The van der Waals surface area contributed by atoms with Crippen molar-refractivity contribution in [3.8, 4) is 0 Å². The summed E-state index contributed by atoms with van der Waals surface area (Å²) in [6.07, 6.45) is 5.99. The Morgan fingerprint density at radius 1 is 1.06 bits per heavy atom. The summed E-state index contributed by atoms with van der Waals surface area (Å²) in [6.45, 7) is 3.10. The summed E-state index contributed by atoms with van der Waals surface area (Å²) in [5.41, 5.74) is 3.33. The van der Waals surface area contributed by atoms with Gasteiger partial charge in [0.15, 0.2) is 5.78 Å². The molecule has 2 aromatic rings. The maximum absolute atomic E-state index is 12.7. The number of aliphatic hydroxyl groups excluding tert-OH is 1. The van der Waals surface area contributed by atoms with Gasteiger partial charge < -0.3 is 15.3 Å². The monoisotopic (exact) mass is 449 g/mol. The molecule has 1 unspecified atom stereocenters. The fraction of sp³-hybridized carbons (Fsp3) is 0.519. The summed E-state index contributed by atoms with van der Waals surface area (Å²) in [4.78, 5) is 30.5. The molecule has 2 aliphatic rings. The molecular weight excluding hydrogens is 414 g/mol. The van der Waals surface area contributed by atoms with E-state index in [4.69, 9.17) is 0 Å². The molecule has 0 radical (unpaired) electrons. The quantitative estimate of drug-likeness (QED) is 0.565. The van der Waals surface area contributed by atoms with Crippen LogP contribution in [0, 0.1) is 5.92 Å². The molecule has 33 heavy (non-hydrogen) atoms. The minimum Gasteiger partial charge on any atom is -0.393 e. The van der Waals surface area contributed by atoms with E-state index in [9.17, 15) is 14.7 Å². The number of aromatic nitrogens is 1. The summed E-state index contributed by atoms with van der Waals surface area (Å²) in [7, 11) is 0. The van der Waals surface area contributed by atoms with Crippen LogP contribution in [0.25, 0.3) is 0 Å². The first-order valence-electron chi connectivity index (χ1n) is 12.2. The molecule has 6 heteroatoms. The molecule has 1 saturated heterocycles. The van der Waals surface area contributed by atoms with Crippen molar-refractivity contribution in [3.05, 3.63) is 59.3 Å². The van der Waals surface area contributed by atoms with Gasteiger partial charge in [0.1, 0.15) is 11.5 Å². The number of nitrogens with zero attached hydrogens (tertiary/aromatic N) is 2. The van der Waals surface area contributed by atoms with Crippen molar-refractivity contribution in [1.29, 1.82) is 0 Å². The van der Waals surface area contributed by atoms with Crippen LogP contribution in [0.15, 0.2) is 42.5 Å². The van der Waals surface area contributed by atoms with Gasteiger partial charge in [-0.2, -0.15) is 0 Å². The normalized spacial score (nSPS) is 17.6. The first-order chi connectivity index (χ1) is 16.0. The predicted octanol–water partition coefficient (Wildman–Crippen LogP) is 4.02. The number of hydrogen-bond donors (Lipinski definition) is 2. The zero-order valence-corrected chi connectivity index (χ0v) is 19.5. The van der Waals surface area contributed by atoms with E-state index in [2.05, 4.69) is 34.6 Å². The number of amides is 1. The molecule has 1 amide bonds. The second kappa shape index (κ2) is 10.9. The van der Waals surface area contributed by atoms with Crippen LogP contribution >= 0.6 is 0 Å². The lowest BCUT2D eigenvalue weighted by Crippen LogP contribution is -2.41. The Morgan fingerprint density at radius 3 is 2.42 bits per heavy atom. The Kier molecular flexibility index (Phi) is 7.76. The van der Waals surface area contributed by atoms with Gasteiger partial charge in [-0.15, -0.1) is 0 Å². The number of aliphatic hydroxyl groups is 1. The Labute approximate surface area is 196 Å². The molecule has 0 saturated carbocycles. The maximum Gasteiger partial charge on any atom is 0.219 e. The van der Waals surface area contributed by atoms with Crippen LogP contribution < -0.4 is 5.32 Å². The average molecular weight is 450 g/mol. The number of rotatable bonds is 9. The van der Waals surface area contributed by atoms with Crippen LogP contribution in [-0.4, -0.2) is 51.9 Å². The number of carbonyl (C=O) groups excluding carboxylic acids is 2. The van der Waals surface area contributed by atoms with E-state index in [0.29, 0.717) is 30.3 Å². The van der Waals surface area contributed by atoms with Gasteiger partial charge in [0.25, 0.3) is 0 Å². The van der Waals surface area contributed by atoms with Crippen molar-refractivity contribution in [1.82, 2.24) is 9.88 Å². The molecule has 6 nitrogen and oxygen atoms in total. The summed E-state index contributed by atoms with van der Waals surface area (Å²) in [5, 5.41) is 13.8. The van der Waals surface area contributed by atoms with Crippen molar-refractivity contribution in [3.63, 3.8) is 0 Å². The van der Waals surface area contributed by atoms with Gasteiger partial charge in [-0.25, -0.2) is 4.98 Å². The van der Waals surface area contributed by atoms with Crippen LogP contribution in [0.1, 0.15) is 67.1 Å². The number of carbonyl (C=O) groups is 2. The second-order valence-corrected chi connectivity index (χ2v) is 9.57. The summed E-state index contributed by atoms with van der Waals surface area (Å²) in [6, 6.07) is 14.3. The third kappa shape index (κ3) is 6.41. The van der Waals surface area contributed by atoms with E-state index >= 15 is 0 Å². The Morgan fingerprint density at radius 2 is 1.76 bits per heavy atom. The van der Waals surface area contributed by atoms with Crippen LogP contribution in [0.5, 0.6) is 0 Å². The van der Waals surface area contributed by atoms with Gasteiger partial charge in [-0.05, 0) is 74.1 Å². The van der Waals surface area contributed by atoms with Crippen LogP contribution in [0.4, 0.5) is 5.82 Å². The highest BCUT2D eigenvalue weighted by Crippen LogP contribution is 2.30. The highest BCUT2D eigenvalue weighted by molar-refractivity contribution is 5.94. The molecule has 1 fully saturated rings. The number of anilines is 1. The Hall–Kier alpha value is -2.73. The molecule has 0 bridgehead atoms. The molecular formula is C27H35N3O3. The predicted molar refractivity (Wildman–Crippen MR) is 129 cm³/mol. The zero-order valence-electron chi connectivity index (χ0n) is 19.5. The van der Waals surface area contributed by atoms with Crippen molar-refractivity contribution < 1.29 is 14.7 Å². The smallest absolute Gasteiger partial charge is 0.219 e. The van der Waals surface area contributed by atoms with E-state index < -0.39 is 6.10 Å². The minimum atomic E-state index is -0.453. The zero-order chi connectivity index (χ0) is 23.2. The number of fused-ring (bicyclic) bond motifs is 1. The number of likely N-dealkylation sites (tertiary alicyclic amines) is 1. The molecule has 2 heterocycles. The van der Waals surface area contributed by atoms with Gasteiger partial charge in [0, 0.05) is 32.5 Å². The van der Waals surface area contributed by atoms with Crippen LogP contribution in [0.3, 0.4) is 0 Å². The number of Topliss-reactive ketones (excluding diaryl/α,β-unsaturated/α-hetero) is 1. The molecule has 4 rings (SSSR count). The number of ketones is 1. The lowest BCUT2D eigenvalue weighted by atomic mass is 9.96. The summed E-state index contributed by atoms with van der Waals surface area (Å²) >= 11 is 0. The van der Waals surface area contributed by atoms with Gasteiger partial charge in [0.2, 0.25) is 5.91 Å². The maximum atomic E-state index is 12.7. The molecule has 176 valence electrons. The third-order valence-electron chi connectivity index (χ3n) is 7.08. The molecule has 0 spiro atoms. The van der Waals surface area contributed by atoms with Gasteiger partial charge in [-0.1, -0.05) is 30.3 Å². The molecule has 2 N–H and O–H groups in total. The number of nitrogens with one attached hydrogen (secondary N) is 1. The third-order valence-corrected chi connectivity index (χ3v) is 7.08. The number of benzene rings is 1. The van der Waals surface area contributed by atoms with E-state index in [-0.39, 0.29) is 17.7 Å². The number of pyridine rings is 1. The van der Waals surface area contributed by atoms with E-state index in [0.717, 1.165) is 51.6 Å². The van der Waals surface area contributed by atoms with E-state index in [1.54, 1.807) is 13.0 Å². The SMILES string of the molecule is CC(=O)N1CCC(Nc2cccc(C(=O)CCC(O)CCC3Cc4ccccc4C3)n2)CC1. The van der Waals surface area contributed by atoms with Crippen molar-refractivity contribution in [2.75, 3.05) is 18.4 Å². The molecule has 1 aliphatic heterocycles. The van der Waals surface area contributed by atoms with Gasteiger partial charge in [-0.3, -0.25) is 9.59 Å². The van der Waals surface area contributed by atoms with Crippen molar-refractivity contribution >= 4 is 17.5 Å². The lowest BCUT2D eigenvalue weighted by Gasteiger charge is -2.32. The first-order valence-corrected chi connectivity index (χ1v) is 12.2. The van der Waals surface area contributed by atoms with Crippen molar-refractivity contribution in [2.45, 2.75) is 70.4 Å². The minimum absolute atomic E-state index is 0.0302. The average Bonchev–Trinajstić information content (AvgIpc) is 3.25. The Balaban J connectivity index is 1.19. The highest BCUT2D eigenvalue weighted by Gasteiger charge is 2.23. The standard InChI is InChI=1S/C27H35N3O3/c1-19(31)30-15-13-23(14-16-30)28-27-8-4-7-25(29-27)26(33)12-11-24(32)10-9-20-17-21-5-2-3-6-22(21)18-20/h2-8,20,23-24,32H,9-18H2,1H3,(H,28,29). The Bertz CT molecular complexity index is 944. The topological polar surface area (TPSA) is 82.5 Å². The molecule has 1 atom stereocenters. The fourth-order valence-electron chi connectivity index (χ4n) is 5.07. The van der Waals surface area contributed by atoms with Crippen molar-refractivity contribution in [2.24, 2.45) is 5.92 Å². The van der Waals surface area contributed by atoms with E-state index in [1.165, 1.54) is 11.1 Å². The van der Waals surface area contributed by atoms with E-state index in [1.807, 2.05) is 17.0 Å². The summed E-state index contributed by atoms with van der Waals surface area (Å²) in [5.74, 6) is 1.38. The van der Waals surface area contributed by atoms with Gasteiger partial charge >= 0.3 is 0 Å². The van der Waals surface area contributed by atoms with Gasteiger partial charge in [0.05, 0.1) is 6.10 Å². The lowest BCUT2D eigenvalue weighted by molar-refractivity contribution is -0.129. The van der Waals surface area contributed by atoms with Crippen LogP contribution in [-0.2, 0) is 17.6 Å². The fourth-order valence-corrected chi connectivity index (χ4v) is 5.07. The molecule has 1 aromatic heterocycles. The molecule has 1 aromatic carbocycles.